The van der Waals surface area contributed by atoms with E-state index in [0.29, 0.717) is 19.3 Å². The van der Waals surface area contributed by atoms with E-state index in [2.05, 4.69) is 45.1 Å². The number of rotatable bonds is 39. The van der Waals surface area contributed by atoms with E-state index in [9.17, 15) is 14.4 Å². The third kappa shape index (κ3) is 38.9. The fraction of sp³-hybridized carbons (Fsp3) is 0.844. The van der Waals surface area contributed by atoms with Crippen molar-refractivity contribution >= 4 is 17.9 Å². The molecule has 51 heavy (non-hydrogen) atoms. The van der Waals surface area contributed by atoms with Crippen molar-refractivity contribution in [2.75, 3.05) is 13.2 Å². The molecular formula is C45H82O6. The first kappa shape index (κ1) is 48.9. The largest absolute Gasteiger partial charge is 0.462 e. The quantitative estimate of drug-likeness (QED) is 0.0272. The van der Waals surface area contributed by atoms with E-state index in [0.717, 1.165) is 83.5 Å². The highest BCUT2D eigenvalue weighted by molar-refractivity contribution is 5.71. The summed E-state index contributed by atoms with van der Waals surface area (Å²) < 4.78 is 16.6. The summed E-state index contributed by atoms with van der Waals surface area (Å²) in [7, 11) is 0. The molecule has 0 amide bonds. The van der Waals surface area contributed by atoms with Crippen molar-refractivity contribution < 1.29 is 28.6 Å². The molecule has 0 aliphatic rings. The Morgan fingerprint density at radius 3 is 1.10 bits per heavy atom. The second-order valence-electron chi connectivity index (χ2n) is 14.6. The Hall–Kier alpha value is -2.11. The standard InChI is InChI=1S/C45H82O6/c1-4-7-10-13-15-17-19-21-22-23-24-26-27-29-32-35-38-44(47)50-41-42(40-49-43(46)37-34-31-12-9-6-3)51-45(48)39-36-33-30-28-25-20-18-16-14-11-8-5-2/h17,19,22-23,42H,4-16,18,20-21,24-41H2,1-3H3/b19-17-,23-22-. The monoisotopic (exact) mass is 719 g/mol. The summed E-state index contributed by atoms with van der Waals surface area (Å²) >= 11 is 0. The smallest absolute Gasteiger partial charge is 0.306 e. The van der Waals surface area contributed by atoms with Crippen molar-refractivity contribution in [3.8, 4) is 0 Å². The van der Waals surface area contributed by atoms with Crippen LogP contribution in [-0.2, 0) is 28.6 Å². The van der Waals surface area contributed by atoms with Gasteiger partial charge in [-0.05, 0) is 51.4 Å². The summed E-state index contributed by atoms with van der Waals surface area (Å²) in [5.74, 6) is -0.899. The SMILES string of the molecule is CCCCCC/C=C\C/C=C\CCCCCCCC(=O)OCC(COC(=O)CCCCCCC)OC(=O)CCCCCCCCCCCCCC. The summed E-state index contributed by atoms with van der Waals surface area (Å²) in [6.45, 7) is 6.52. The van der Waals surface area contributed by atoms with Crippen LogP contribution in [0.15, 0.2) is 24.3 Å². The van der Waals surface area contributed by atoms with Crippen molar-refractivity contribution in [1.82, 2.24) is 0 Å². The number of ether oxygens (including phenoxy) is 3. The van der Waals surface area contributed by atoms with Gasteiger partial charge >= 0.3 is 17.9 Å². The number of hydrogen-bond donors (Lipinski definition) is 0. The minimum atomic E-state index is -0.767. The van der Waals surface area contributed by atoms with E-state index in [1.54, 1.807) is 0 Å². The molecule has 0 fully saturated rings. The normalized spacial score (nSPS) is 12.1. The van der Waals surface area contributed by atoms with Gasteiger partial charge in [-0.2, -0.15) is 0 Å². The predicted octanol–water partition coefficient (Wildman–Crippen LogP) is 13.6. The highest BCUT2D eigenvalue weighted by atomic mass is 16.6. The van der Waals surface area contributed by atoms with Crippen LogP contribution in [-0.4, -0.2) is 37.2 Å². The Balaban J connectivity index is 4.24. The zero-order valence-corrected chi connectivity index (χ0v) is 33.9. The average Bonchev–Trinajstić information content (AvgIpc) is 3.12. The van der Waals surface area contributed by atoms with Crippen LogP contribution in [0, 0.1) is 0 Å². The van der Waals surface area contributed by atoms with E-state index < -0.39 is 6.10 Å². The Kier molecular flexibility index (Phi) is 39.0. The Bertz CT molecular complexity index is 835. The molecule has 6 nitrogen and oxygen atoms in total. The molecule has 0 aromatic heterocycles. The summed E-state index contributed by atoms with van der Waals surface area (Å²) in [6.07, 6.45) is 43.3. The zero-order valence-electron chi connectivity index (χ0n) is 33.9. The molecule has 0 spiro atoms. The molecule has 0 aliphatic heterocycles. The van der Waals surface area contributed by atoms with Crippen LogP contribution in [0.25, 0.3) is 0 Å². The van der Waals surface area contributed by atoms with Gasteiger partial charge in [0, 0.05) is 19.3 Å². The molecule has 0 rings (SSSR count). The van der Waals surface area contributed by atoms with Gasteiger partial charge in [0.05, 0.1) is 0 Å². The van der Waals surface area contributed by atoms with Gasteiger partial charge in [0.2, 0.25) is 0 Å². The number of carbonyl (C=O) groups is 3. The predicted molar refractivity (Wildman–Crippen MR) is 215 cm³/mol. The maximum absolute atomic E-state index is 12.6. The number of hydrogen-bond acceptors (Lipinski definition) is 6. The lowest BCUT2D eigenvalue weighted by Gasteiger charge is -2.18. The second kappa shape index (κ2) is 40.7. The van der Waals surface area contributed by atoms with Gasteiger partial charge in [-0.3, -0.25) is 14.4 Å². The number of carbonyl (C=O) groups excluding carboxylic acids is 3. The lowest BCUT2D eigenvalue weighted by molar-refractivity contribution is -0.167. The number of allylic oxidation sites excluding steroid dienone is 4. The Labute approximate surface area is 315 Å². The minimum absolute atomic E-state index is 0.0744. The average molecular weight is 719 g/mol. The summed E-state index contributed by atoms with van der Waals surface area (Å²) in [6, 6.07) is 0. The molecule has 0 aromatic carbocycles. The molecule has 0 N–H and O–H groups in total. The van der Waals surface area contributed by atoms with Crippen LogP contribution in [0.3, 0.4) is 0 Å². The van der Waals surface area contributed by atoms with E-state index in [-0.39, 0.29) is 31.1 Å². The molecule has 0 aliphatic carbocycles. The molecule has 0 radical (unpaired) electrons. The first-order valence-corrected chi connectivity index (χ1v) is 21.8. The molecule has 0 aromatic rings. The third-order valence-electron chi connectivity index (χ3n) is 9.46. The second-order valence-corrected chi connectivity index (χ2v) is 14.6. The molecular weight excluding hydrogens is 636 g/mol. The highest BCUT2D eigenvalue weighted by Crippen LogP contribution is 2.14. The van der Waals surface area contributed by atoms with Crippen molar-refractivity contribution in [2.45, 2.75) is 232 Å². The van der Waals surface area contributed by atoms with E-state index in [4.69, 9.17) is 14.2 Å². The van der Waals surface area contributed by atoms with E-state index in [1.807, 2.05) is 0 Å². The third-order valence-corrected chi connectivity index (χ3v) is 9.46. The highest BCUT2D eigenvalue weighted by Gasteiger charge is 2.19. The molecule has 0 saturated heterocycles. The minimum Gasteiger partial charge on any atom is -0.462 e. The van der Waals surface area contributed by atoms with Gasteiger partial charge in [0.15, 0.2) is 6.10 Å². The van der Waals surface area contributed by atoms with Crippen LogP contribution in [0.4, 0.5) is 0 Å². The lowest BCUT2D eigenvalue weighted by Crippen LogP contribution is -2.30. The van der Waals surface area contributed by atoms with Crippen LogP contribution in [0.2, 0.25) is 0 Å². The zero-order chi connectivity index (χ0) is 37.3. The topological polar surface area (TPSA) is 78.9 Å². The maximum Gasteiger partial charge on any atom is 0.306 e. The van der Waals surface area contributed by atoms with Crippen molar-refractivity contribution in [3.63, 3.8) is 0 Å². The van der Waals surface area contributed by atoms with Gasteiger partial charge < -0.3 is 14.2 Å². The van der Waals surface area contributed by atoms with Gasteiger partial charge in [0.25, 0.3) is 0 Å². The van der Waals surface area contributed by atoms with Crippen LogP contribution in [0.5, 0.6) is 0 Å². The van der Waals surface area contributed by atoms with Crippen LogP contribution in [0.1, 0.15) is 226 Å². The van der Waals surface area contributed by atoms with Crippen molar-refractivity contribution in [2.24, 2.45) is 0 Å². The molecule has 298 valence electrons. The summed E-state index contributed by atoms with van der Waals surface area (Å²) in [5, 5.41) is 0. The fourth-order valence-electron chi connectivity index (χ4n) is 6.12. The van der Waals surface area contributed by atoms with Gasteiger partial charge in [-0.1, -0.05) is 180 Å². The van der Waals surface area contributed by atoms with Gasteiger partial charge in [-0.25, -0.2) is 0 Å². The molecule has 0 bridgehead atoms. The van der Waals surface area contributed by atoms with Gasteiger partial charge in [0.1, 0.15) is 13.2 Å². The molecule has 0 saturated carbocycles. The van der Waals surface area contributed by atoms with Crippen molar-refractivity contribution in [1.29, 1.82) is 0 Å². The first-order valence-electron chi connectivity index (χ1n) is 21.8. The molecule has 1 unspecified atom stereocenters. The lowest BCUT2D eigenvalue weighted by atomic mass is 10.0. The summed E-state index contributed by atoms with van der Waals surface area (Å²) in [4.78, 5) is 37.4. The number of esters is 3. The molecule has 6 heteroatoms. The summed E-state index contributed by atoms with van der Waals surface area (Å²) in [5.41, 5.74) is 0. The van der Waals surface area contributed by atoms with E-state index in [1.165, 1.54) is 103 Å². The fourth-order valence-corrected chi connectivity index (χ4v) is 6.12. The van der Waals surface area contributed by atoms with Gasteiger partial charge in [-0.15, -0.1) is 0 Å². The molecule has 1 atom stereocenters. The van der Waals surface area contributed by atoms with Crippen molar-refractivity contribution in [3.05, 3.63) is 24.3 Å². The molecule has 0 heterocycles. The van der Waals surface area contributed by atoms with E-state index >= 15 is 0 Å². The maximum atomic E-state index is 12.6. The Morgan fingerprint density at radius 1 is 0.392 bits per heavy atom. The number of unbranched alkanes of at least 4 members (excludes halogenated alkanes) is 24. The first-order chi connectivity index (χ1) is 25.0. The Morgan fingerprint density at radius 2 is 0.706 bits per heavy atom. The van der Waals surface area contributed by atoms with Crippen LogP contribution < -0.4 is 0 Å². The van der Waals surface area contributed by atoms with Crippen LogP contribution >= 0.6 is 0 Å².